The maximum Gasteiger partial charge on any atom is 0.271 e. The van der Waals surface area contributed by atoms with Gasteiger partial charge in [-0.2, -0.15) is 5.10 Å². The van der Waals surface area contributed by atoms with E-state index in [-0.39, 0.29) is 21.2 Å². The van der Waals surface area contributed by atoms with Crippen LogP contribution >= 0.6 is 11.3 Å². The minimum absolute atomic E-state index is 0.00915. The number of hydrogen-bond acceptors (Lipinski definition) is 6. The molecule has 4 aromatic rings. The normalized spacial score (nSPS) is 11.2. The second-order valence-electron chi connectivity index (χ2n) is 6.64. The highest BCUT2D eigenvalue weighted by Gasteiger charge is 2.18. The number of carbonyl (C=O) groups excluding carboxylic acids is 1. The van der Waals surface area contributed by atoms with Crippen LogP contribution in [0.5, 0.6) is 5.75 Å². The summed E-state index contributed by atoms with van der Waals surface area (Å²) in [6, 6.07) is 16.8. The molecule has 2 heterocycles. The van der Waals surface area contributed by atoms with Gasteiger partial charge in [-0.25, -0.2) is 8.42 Å². The second-order valence-corrected chi connectivity index (χ2v) is 9.49. The average Bonchev–Trinajstić information content (AvgIpc) is 3.41. The first-order chi connectivity index (χ1) is 14.9. The molecule has 2 aromatic carbocycles. The van der Waals surface area contributed by atoms with E-state index in [2.05, 4.69) is 15.1 Å². The van der Waals surface area contributed by atoms with E-state index in [9.17, 15) is 18.3 Å². The van der Waals surface area contributed by atoms with E-state index in [1.54, 1.807) is 22.3 Å². The molecule has 0 atom stereocenters. The number of sulfonamides is 1. The number of aromatic nitrogens is 2. The Morgan fingerprint density at radius 3 is 2.58 bits per heavy atom. The maximum atomic E-state index is 12.5. The summed E-state index contributed by atoms with van der Waals surface area (Å²) in [6.07, 6.45) is 3.20. The van der Waals surface area contributed by atoms with Crippen molar-refractivity contribution in [2.24, 2.45) is 0 Å². The van der Waals surface area contributed by atoms with Crippen molar-refractivity contribution in [3.05, 3.63) is 89.6 Å². The highest BCUT2D eigenvalue weighted by Crippen LogP contribution is 2.26. The molecule has 0 saturated carbocycles. The third kappa shape index (κ3) is 4.93. The molecule has 0 aliphatic rings. The lowest BCUT2D eigenvalue weighted by molar-refractivity contribution is 0.102. The Labute approximate surface area is 182 Å². The molecule has 0 aliphatic heterocycles. The Morgan fingerprint density at radius 1 is 1.06 bits per heavy atom. The third-order valence-corrected chi connectivity index (χ3v) is 7.11. The van der Waals surface area contributed by atoms with Gasteiger partial charge in [0, 0.05) is 12.3 Å². The molecule has 4 rings (SSSR count). The van der Waals surface area contributed by atoms with Gasteiger partial charge in [0.25, 0.3) is 15.9 Å². The lowest BCUT2D eigenvalue weighted by Crippen LogP contribution is -2.13. The average molecular weight is 455 g/mol. The van der Waals surface area contributed by atoms with E-state index in [4.69, 9.17) is 0 Å². The Bertz CT molecular complexity index is 1300. The van der Waals surface area contributed by atoms with E-state index >= 15 is 0 Å². The van der Waals surface area contributed by atoms with Crippen molar-refractivity contribution >= 4 is 38.6 Å². The third-order valence-electron chi connectivity index (χ3n) is 4.33. The minimum Gasteiger partial charge on any atom is -0.507 e. The summed E-state index contributed by atoms with van der Waals surface area (Å²) < 4.78 is 28.8. The topological polar surface area (TPSA) is 113 Å². The Morgan fingerprint density at radius 2 is 1.87 bits per heavy atom. The van der Waals surface area contributed by atoms with Crippen LogP contribution < -0.4 is 10.0 Å². The van der Waals surface area contributed by atoms with Gasteiger partial charge in [0.1, 0.15) is 9.96 Å². The van der Waals surface area contributed by atoms with Crippen LogP contribution in [0.4, 0.5) is 11.4 Å². The number of carbonyl (C=O) groups is 1. The van der Waals surface area contributed by atoms with Crippen LogP contribution in [0.2, 0.25) is 0 Å². The van der Waals surface area contributed by atoms with Crippen molar-refractivity contribution in [3.63, 3.8) is 0 Å². The van der Waals surface area contributed by atoms with Crippen molar-refractivity contribution in [1.29, 1.82) is 0 Å². The molecule has 2 aromatic heterocycles. The predicted molar refractivity (Wildman–Crippen MR) is 119 cm³/mol. The summed E-state index contributed by atoms with van der Waals surface area (Å²) >= 11 is 1.08. The smallest absolute Gasteiger partial charge is 0.271 e. The molecule has 0 aliphatic carbocycles. The second kappa shape index (κ2) is 8.62. The predicted octanol–water partition coefficient (Wildman–Crippen LogP) is 3.75. The molecule has 158 valence electrons. The van der Waals surface area contributed by atoms with Crippen molar-refractivity contribution in [2.75, 3.05) is 10.0 Å². The van der Waals surface area contributed by atoms with Gasteiger partial charge >= 0.3 is 0 Å². The number of anilines is 2. The van der Waals surface area contributed by atoms with Gasteiger partial charge in [-0.05, 0) is 29.1 Å². The van der Waals surface area contributed by atoms with E-state index in [0.717, 1.165) is 16.9 Å². The van der Waals surface area contributed by atoms with Gasteiger partial charge in [-0.15, -0.1) is 11.3 Å². The van der Waals surface area contributed by atoms with Gasteiger partial charge in [-0.3, -0.25) is 14.2 Å². The molecule has 10 heteroatoms. The quantitative estimate of drug-likeness (QED) is 0.394. The number of thiophene rings is 1. The van der Waals surface area contributed by atoms with Crippen LogP contribution in [0.15, 0.2) is 82.6 Å². The number of rotatable bonds is 7. The first kappa shape index (κ1) is 20.6. The molecule has 0 saturated heterocycles. The molecule has 0 unspecified atom stereocenters. The Balaban J connectivity index is 1.43. The molecular formula is C21H18N4O4S2. The number of benzene rings is 2. The number of hydrogen-bond donors (Lipinski definition) is 3. The van der Waals surface area contributed by atoms with Gasteiger partial charge in [0.2, 0.25) is 0 Å². The van der Waals surface area contributed by atoms with Crippen molar-refractivity contribution < 1.29 is 18.3 Å². The number of nitrogens with zero attached hydrogens (tertiary/aromatic N) is 2. The monoisotopic (exact) mass is 454 g/mol. The lowest BCUT2D eigenvalue weighted by Gasteiger charge is -2.09. The summed E-state index contributed by atoms with van der Waals surface area (Å²) in [5, 5.41) is 18.8. The van der Waals surface area contributed by atoms with Gasteiger partial charge in [0.15, 0.2) is 0 Å². The summed E-state index contributed by atoms with van der Waals surface area (Å²) in [5.41, 5.74) is 1.71. The zero-order valence-corrected chi connectivity index (χ0v) is 17.7. The fourth-order valence-corrected chi connectivity index (χ4v) is 4.93. The van der Waals surface area contributed by atoms with Crippen molar-refractivity contribution in [2.45, 2.75) is 10.8 Å². The fraction of sp³-hybridized carbons (Fsp3) is 0.0476. The van der Waals surface area contributed by atoms with Gasteiger partial charge in [0.05, 0.1) is 29.7 Å². The number of amides is 1. The molecule has 0 bridgehead atoms. The highest BCUT2D eigenvalue weighted by atomic mass is 32.2. The summed E-state index contributed by atoms with van der Waals surface area (Å²) in [7, 11) is -3.75. The van der Waals surface area contributed by atoms with Crippen LogP contribution in [-0.4, -0.2) is 29.2 Å². The standard InChI is InChI=1S/C21H18N4O4S2/c26-19-11-16(24-31(28,29)20-7-4-10-30-20)8-9-18(19)21(27)23-17-12-22-25(14-17)13-15-5-2-1-3-6-15/h1-12,14,24,26H,13H2,(H,23,27). The Hall–Kier alpha value is -3.63. The zero-order valence-electron chi connectivity index (χ0n) is 16.1. The molecule has 0 spiro atoms. The van der Waals surface area contributed by atoms with Gasteiger partial charge in [-0.1, -0.05) is 36.4 Å². The zero-order chi connectivity index (χ0) is 21.8. The van der Waals surface area contributed by atoms with Crippen LogP contribution in [0, 0.1) is 0 Å². The molecule has 31 heavy (non-hydrogen) atoms. The highest BCUT2D eigenvalue weighted by molar-refractivity contribution is 7.94. The number of aromatic hydroxyl groups is 1. The first-order valence-electron chi connectivity index (χ1n) is 9.18. The van der Waals surface area contributed by atoms with Gasteiger partial charge < -0.3 is 10.4 Å². The fourth-order valence-electron chi connectivity index (χ4n) is 2.89. The van der Waals surface area contributed by atoms with E-state index < -0.39 is 15.9 Å². The van der Waals surface area contributed by atoms with Crippen LogP contribution in [-0.2, 0) is 16.6 Å². The molecular weight excluding hydrogens is 436 g/mol. The molecule has 8 nitrogen and oxygen atoms in total. The maximum absolute atomic E-state index is 12.5. The number of phenolic OH excluding ortho intramolecular Hbond substituents is 1. The summed E-state index contributed by atoms with van der Waals surface area (Å²) in [5.74, 6) is -0.884. The van der Waals surface area contributed by atoms with E-state index in [1.807, 2.05) is 30.3 Å². The Kier molecular flexibility index (Phi) is 5.74. The SMILES string of the molecule is O=C(Nc1cnn(Cc2ccccc2)c1)c1ccc(NS(=O)(=O)c2cccs2)cc1O. The summed E-state index contributed by atoms with van der Waals surface area (Å²) in [4.78, 5) is 12.5. The van der Waals surface area contributed by atoms with Crippen molar-refractivity contribution in [3.8, 4) is 5.75 Å². The summed E-state index contributed by atoms with van der Waals surface area (Å²) in [6.45, 7) is 0.557. The molecule has 0 fully saturated rings. The first-order valence-corrected chi connectivity index (χ1v) is 11.5. The number of phenols is 1. The molecule has 3 N–H and O–H groups in total. The van der Waals surface area contributed by atoms with E-state index in [0.29, 0.717) is 12.2 Å². The van der Waals surface area contributed by atoms with Crippen LogP contribution in [0.25, 0.3) is 0 Å². The van der Waals surface area contributed by atoms with Crippen LogP contribution in [0.1, 0.15) is 15.9 Å². The largest absolute Gasteiger partial charge is 0.507 e. The van der Waals surface area contributed by atoms with Crippen LogP contribution in [0.3, 0.4) is 0 Å². The molecule has 0 radical (unpaired) electrons. The lowest BCUT2D eigenvalue weighted by atomic mass is 10.1. The van der Waals surface area contributed by atoms with E-state index in [1.165, 1.54) is 30.5 Å². The molecule has 1 amide bonds. The minimum atomic E-state index is -3.75. The number of nitrogens with one attached hydrogen (secondary N) is 2. The van der Waals surface area contributed by atoms with Crippen molar-refractivity contribution in [1.82, 2.24) is 9.78 Å².